The average Bonchev–Trinajstić information content (AvgIpc) is 3.02. The monoisotopic (exact) mass is 698 g/mol. The molecule has 0 saturated carbocycles. The minimum absolute atomic E-state index is 0.129. The number of nitrogens with one attached hydrogen (secondary N) is 3. The number of urea groups is 1. The summed E-state index contributed by atoms with van der Waals surface area (Å²) in [7, 11) is 2.91. The highest BCUT2D eigenvalue weighted by Gasteiger charge is 2.32. The average molecular weight is 700 g/mol. The summed E-state index contributed by atoms with van der Waals surface area (Å²) >= 11 is 3.46. The maximum absolute atomic E-state index is 13.5. The summed E-state index contributed by atoms with van der Waals surface area (Å²) in [5.74, 6) is -0.104. The number of carbonyl (C=O) groups excluding carboxylic acids is 3. The first-order chi connectivity index (χ1) is 22.1. The highest BCUT2D eigenvalue weighted by molar-refractivity contribution is 9.10. The molecule has 0 bridgehead atoms. The maximum Gasteiger partial charge on any atom is 0.338 e. The zero-order valence-electron chi connectivity index (χ0n) is 25.4. The van der Waals surface area contributed by atoms with Crippen LogP contribution in [0.1, 0.15) is 36.6 Å². The first-order valence-electron chi connectivity index (χ1n) is 14.0. The molecule has 3 aromatic rings. The largest absolute Gasteiger partial charge is 0.493 e. The smallest absolute Gasteiger partial charge is 0.338 e. The summed E-state index contributed by atoms with van der Waals surface area (Å²) in [4.78, 5) is 37.3. The van der Waals surface area contributed by atoms with Gasteiger partial charge in [-0.05, 0) is 82.9 Å². The minimum atomic E-state index is -0.791. The molecule has 1 heterocycles. The number of halogens is 2. The lowest BCUT2D eigenvalue weighted by atomic mass is 9.95. The van der Waals surface area contributed by atoms with Crippen molar-refractivity contribution in [3.05, 3.63) is 92.8 Å². The lowest BCUT2D eigenvalue weighted by Crippen LogP contribution is -2.45. The van der Waals surface area contributed by atoms with Gasteiger partial charge in [0, 0.05) is 5.70 Å². The van der Waals surface area contributed by atoms with Gasteiger partial charge in [0.15, 0.2) is 29.6 Å². The fourth-order valence-corrected chi connectivity index (χ4v) is 5.07. The molecule has 0 aliphatic carbocycles. The van der Waals surface area contributed by atoms with Gasteiger partial charge in [-0.15, -0.1) is 0 Å². The lowest BCUT2D eigenvalue weighted by Gasteiger charge is -2.28. The van der Waals surface area contributed by atoms with Crippen LogP contribution in [0, 0.1) is 5.82 Å². The molecule has 0 radical (unpaired) electrons. The Morgan fingerprint density at radius 1 is 1.04 bits per heavy atom. The number of rotatable bonds is 13. The number of methoxy groups -OCH3 is 2. The quantitative estimate of drug-likeness (QED) is 0.130. The molecule has 0 unspecified atom stereocenters. The van der Waals surface area contributed by atoms with Gasteiger partial charge in [-0.2, -0.15) is 5.10 Å². The van der Waals surface area contributed by atoms with Gasteiger partial charge in [-0.3, -0.25) is 4.79 Å². The van der Waals surface area contributed by atoms with Crippen molar-refractivity contribution >= 4 is 40.1 Å². The molecule has 1 aliphatic rings. The van der Waals surface area contributed by atoms with Gasteiger partial charge in [0.25, 0.3) is 5.91 Å². The molecule has 14 heteroatoms. The van der Waals surface area contributed by atoms with Crippen molar-refractivity contribution in [2.45, 2.75) is 26.5 Å². The van der Waals surface area contributed by atoms with Gasteiger partial charge in [0.1, 0.15) is 12.4 Å². The molecule has 4 rings (SSSR count). The normalized spacial score (nSPS) is 14.3. The summed E-state index contributed by atoms with van der Waals surface area (Å²) in [6.45, 7) is 3.22. The minimum Gasteiger partial charge on any atom is -0.493 e. The van der Waals surface area contributed by atoms with Gasteiger partial charge in [0.2, 0.25) is 0 Å². The second-order valence-corrected chi connectivity index (χ2v) is 10.6. The molecule has 3 aromatic carbocycles. The molecule has 12 nitrogen and oxygen atoms in total. The van der Waals surface area contributed by atoms with Crippen molar-refractivity contribution in [1.82, 2.24) is 16.1 Å². The number of hydrogen-bond acceptors (Lipinski definition) is 9. The van der Waals surface area contributed by atoms with Crippen molar-refractivity contribution in [2.24, 2.45) is 5.10 Å². The number of ether oxygens (including phenoxy) is 5. The summed E-state index contributed by atoms with van der Waals surface area (Å²) in [6.07, 6.45) is 1.42. The second-order valence-electron chi connectivity index (χ2n) is 9.74. The number of esters is 1. The predicted octanol–water partition coefficient (Wildman–Crippen LogP) is 4.90. The van der Waals surface area contributed by atoms with Crippen LogP contribution in [0.2, 0.25) is 0 Å². The van der Waals surface area contributed by atoms with E-state index < -0.39 is 23.9 Å². The van der Waals surface area contributed by atoms with Gasteiger partial charge in [-0.1, -0.05) is 18.2 Å². The lowest BCUT2D eigenvalue weighted by molar-refractivity contribution is -0.139. The number of benzene rings is 3. The fourth-order valence-electron chi connectivity index (χ4n) is 4.50. The van der Waals surface area contributed by atoms with Crippen LogP contribution in [0.4, 0.5) is 9.18 Å². The van der Waals surface area contributed by atoms with Crippen LogP contribution >= 0.6 is 15.9 Å². The van der Waals surface area contributed by atoms with Crippen molar-refractivity contribution in [3.63, 3.8) is 0 Å². The van der Waals surface area contributed by atoms with Crippen LogP contribution in [0.15, 0.2) is 75.4 Å². The topological polar surface area (TPSA) is 146 Å². The Hall–Kier alpha value is -5.11. The van der Waals surface area contributed by atoms with E-state index in [9.17, 15) is 18.8 Å². The van der Waals surface area contributed by atoms with E-state index in [0.717, 1.165) is 0 Å². The second kappa shape index (κ2) is 15.8. The van der Waals surface area contributed by atoms with E-state index in [1.807, 2.05) is 0 Å². The molecule has 1 aliphatic heterocycles. The Morgan fingerprint density at radius 2 is 1.83 bits per heavy atom. The molecular formula is C32H32BrFN4O8. The van der Waals surface area contributed by atoms with Gasteiger partial charge >= 0.3 is 12.0 Å². The van der Waals surface area contributed by atoms with E-state index >= 15 is 0 Å². The molecular weight excluding hydrogens is 667 g/mol. The molecule has 242 valence electrons. The zero-order chi connectivity index (χ0) is 33.2. The van der Waals surface area contributed by atoms with E-state index in [1.165, 1.54) is 32.6 Å². The Balaban J connectivity index is 1.37. The van der Waals surface area contributed by atoms with Crippen LogP contribution in [0.5, 0.6) is 23.0 Å². The van der Waals surface area contributed by atoms with Crippen molar-refractivity contribution < 1.29 is 42.5 Å². The zero-order valence-corrected chi connectivity index (χ0v) is 27.0. The molecule has 0 fully saturated rings. The van der Waals surface area contributed by atoms with E-state index in [1.54, 1.807) is 56.3 Å². The predicted molar refractivity (Wildman–Crippen MR) is 169 cm³/mol. The number of allylic oxidation sites excluding steroid dienone is 1. The SMILES string of the molecule is CCOC(=O)C1=C(C)NC(=O)N[C@H]1c1ccc(OCC(=O)N/N=C\c2cc(Br)c(OCc3cccc(F)c3)c(OC)c2)c(OC)c1. The number of carbonyl (C=O) groups is 3. The Bertz CT molecular complexity index is 1680. The first kappa shape index (κ1) is 33.8. The van der Waals surface area contributed by atoms with Crippen molar-refractivity contribution in [1.29, 1.82) is 0 Å². The van der Waals surface area contributed by atoms with Crippen LogP contribution in [-0.2, 0) is 20.9 Å². The number of amides is 3. The highest BCUT2D eigenvalue weighted by atomic mass is 79.9. The Morgan fingerprint density at radius 3 is 2.54 bits per heavy atom. The first-order valence-corrected chi connectivity index (χ1v) is 14.8. The molecule has 46 heavy (non-hydrogen) atoms. The van der Waals surface area contributed by atoms with E-state index in [-0.39, 0.29) is 42.7 Å². The molecule has 1 atom stereocenters. The fraction of sp³-hybridized carbons (Fsp3) is 0.250. The number of hydrogen-bond donors (Lipinski definition) is 3. The Labute approximate surface area is 273 Å². The van der Waals surface area contributed by atoms with Gasteiger partial charge in [-0.25, -0.2) is 19.4 Å². The summed E-state index contributed by atoms with van der Waals surface area (Å²) < 4.78 is 41.6. The van der Waals surface area contributed by atoms with E-state index in [2.05, 4.69) is 37.1 Å². The molecule has 0 saturated heterocycles. The Kier molecular flexibility index (Phi) is 11.6. The molecule has 0 aromatic heterocycles. The summed E-state index contributed by atoms with van der Waals surface area (Å²) in [6, 6.07) is 13.0. The van der Waals surface area contributed by atoms with E-state index in [0.29, 0.717) is 38.4 Å². The third kappa shape index (κ3) is 8.53. The highest BCUT2D eigenvalue weighted by Crippen LogP contribution is 2.37. The van der Waals surface area contributed by atoms with Gasteiger partial charge < -0.3 is 34.3 Å². The third-order valence-electron chi connectivity index (χ3n) is 6.57. The third-order valence-corrected chi connectivity index (χ3v) is 7.16. The summed E-state index contributed by atoms with van der Waals surface area (Å²) in [5, 5.41) is 9.29. The van der Waals surface area contributed by atoms with Crippen molar-refractivity contribution in [3.8, 4) is 23.0 Å². The van der Waals surface area contributed by atoms with Crippen LogP contribution in [-0.4, -0.2) is 51.6 Å². The molecule has 0 spiro atoms. The van der Waals surface area contributed by atoms with Crippen molar-refractivity contribution in [2.75, 3.05) is 27.4 Å². The van der Waals surface area contributed by atoms with Crippen LogP contribution < -0.4 is 35.0 Å². The standard InChI is InChI=1S/C32H32BrFN4O8/c1-5-44-31(40)28-18(2)36-32(41)37-29(28)21-9-10-24(25(14-21)42-3)45-17-27(39)38-35-15-20-12-23(33)30(26(13-20)43-4)46-16-19-7-6-8-22(34)11-19/h6-15,29H,5,16-17H2,1-4H3,(H,38,39)(H2,36,37,41)/b35-15-/t29-/m0/s1. The van der Waals surface area contributed by atoms with E-state index in [4.69, 9.17) is 23.7 Å². The van der Waals surface area contributed by atoms with Crippen LogP contribution in [0.3, 0.4) is 0 Å². The van der Waals surface area contributed by atoms with Crippen LogP contribution in [0.25, 0.3) is 0 Å². The molecule has 3 amide bonds. The van der Waals surface area contributed by atoms with Gasteiger partial charge in [0.05, 0.1) is 43.1 Å². The summed E-state index contributed by atoms with van der Waals surface area (Å²) in [5.41, 5.74) is 4.82. The number of nitrogens with zero attached hydrogens (tertiary/aromatic N) is 1. The molecule has 3 N–H and O–H groups in total. The maximum atomic E-state index is 13.5. The number of hydrazone groups is 1.